The van der Waals surface area contributed by atoms with Crippen LogP contribution in [0.3, 0.4) is 0 Å². The second-order valence-electron chi connectivity index (χ2n) is 4.38. The molecule has 0 bridgehead atoms. The van der Waals surface area contributed by atoms with Crippen LogP contribution in [-0.4, -0.2) is 42.0 Å². The van der Waals surface area contributed by atoms with Gasteiger partial charge < -0.3 is 20.3 Å². The van der Waals surface area contributed by atoms with E-state index in [0.29, 0.717) is 12.8 Å². The number of aliphatic hydroxyl groups excluding tert-OH is 1. The molecule has 0 saturated carbocycles. The summed E-state index contributed by atoms with van der Waals surface area (Å²) in [6, 6.07) is 0. The van der Waals surface area contributed by atoms with Crippen molar-refractivity contribution in [3.05, 3.63) is 0 Å². The zero-order chi connectivity index (χ0) is 12.1. The molecule has 3 N–H and O–H groups in total. The number of aliphatic hydroxyl groups is 1. The summed E-state index contributed by atoms with van der Waals surface area (Å²) in [6.07, 6.45) is 0.544. The first-order valence-corrected chi connectivity index (χ1v) is 5.77. The van der Waals surface area contributed by atoms with Crippen LogP contribution in [0, 0.1) is 0 Å². The second kappa shape index (κ2) is 6.18. The summed E-state index contributed by atoms with van der Waals surface area (Å²) >= 11 is 0. The molecule has 1 aliphatic rings. The maximum absolute atomic E-state index is 11.4. The summed E-state index contributed by atoms with van der Waals surface area (Å²) in [6.45, 7) is 4.18. The highest BCUT2D eigenvalue weighted by molar-refractivity contribution is 5.74. The van der Waals surface area contributed by atoms with Crippen LogP contribution in [0.5, 0.6) is 0 Å². The maximum Gasteiger partial charge on any atom is 0.335 e. The second-order valence-corrected chi connectivity index (χ2v) is 4.38. The Morgan fingerprint density at radius 3 is 2.56 bits per heavy atom. The molecule has 5 nitrogen and oxygen atoms in total. The molecule has 1 rings (SSSR count). The monoisotopic (exact) mass is 231 g/mol. The third kappa shape index (κ3) is 4.08. The minimum atomic E-state index is -1.10. The number of nitrogens with two attached hydrogens (primary N) is 1. The lowest BCUT2D eigenvalue weighted by atomic mass is 10.0. The van der Waals surface area contributed by atoms with E-state index in [1.165, 1.54) is 0 Å². The summed E-state index contributed by atoms with van der Waals surface area (Å²) in [5.74, 6) is -0.572. The van der Waals surface area contributed by atoms with Crippen molar-refractivity contribution in [2.45, 2.75) is 57.5 Å². The van der Waals surface area contributed by atoms with Crippen LogP contribution in [0.15, 0.2) is 0 Å². The van der Waals surface area contributed by atoms with Crippen LogP contribution in [0.1, 0.15) is 33.1 Å². The molecular weight excluding hydrogens is 210 g/mol. The van der Waals surface area contributed by atoms with Gasteiger partial charge in [-0.15, -0.1) is 0 Å². The number of hydrogen-bond acceptors (Lipinski definition) is 5. The van der Waals surface area contributed by atoms with Crippen molar-refractivity contribution in [3.8, 4) is 0 Å². The van der Waals surface area contributed by atoms with Crippen molar-refractivity contribution in [1.29, 1.82) is 0 Å². The van der Waals surface area contributed by atoms with Gasteiger partial charge >= 0.3 is 5.97 Å². The smallest absolute Gasteiger partial charge is 0.335 e. The molecule has 3 unspecified atom stereocenters. The molecule has 3 atom stereocenters. The molecule has 0 radical (unpaired) electrons. The number of esters is 1. The van der Waals surface area contributed by atoms with E-state index in [9.17, 15) is 9.90 Å². The van der Waals surface area contributed by atoms with Gasteiger partial charge in [-0.1, -0.05) is 0 Å². The third-order valence-electron chi connectivity index (χ3n) is 2.65. The van der Waals surface area contributed by atoms with Crippen molar-refractivity contribution in [1.82, 2.24) is 0 Å². The average Bonchev–Trinajstić information content (AvgIpc) is 2.16. The standard InChI is InChI=1S/C11H21NO4/c1-7-5-9(6-8(2)15-7)16-11(14)10(13)3-4-12/h7-10,13H,3-6,12H2,1-2H3. The van der Waals surface area contributed by atoms with E-state index < -0.39 is 12.1 Å². The van der Waals surface area contributed by atoms with Crippen LogP contribution >= 0.6 is 0 Å². The fourth-order valence-corrected chi connectivity index (χ4v) is 1.96. The van der Waals surface area contributed by atoms with E-state index in [4.69, 9.17) is 15.2 Å². The van der Waals surface area contributed by atoms with E-state index in [1.807, 2.05) is 13.8 Å². The van der Waals surface area contributed by atoms with Crippen molar-refractivity contribution in [2.75, 3.05) is 6.54 Å². The highest BCUT2D eigenvalue weighted by atomic mass is 16.6. The zero-order valence-electron chi connectivity index (χ0n) is 9.89. The highest BCUT2D eigenvalue weighted by Gasteiger charge is 2.28. The first-order chi connectivity index (χ1) is 7.52. The molecule has 0 amide bonds. The third-order valence-corrected chi connectivity index (χ3v) is 2.65. The van der Waals surface area contributed by atoms with Crippen LogP contribution < -0.4 is 5.73 Å². The molecular formula is C11H21NO4. The van der Waals surface area contributed by atoms with E-state index in [1.54, 1.807) is 0 Å². The summed E-state index contributed by atoms with van der Waals surface area (Å²) < 4.78 is 10.8. The molecule has 94 valence electrons. The summed E-state index contributed by atoms with van der Waals surface area (Å²) in [4.78, 5) is 11.4. The molecule has 1 aliphatic heterocycles. The molecule has 0 aromatic rings. The number of carbonyl (C=O) groups is 1. The molecule has 1 fully saturated rings. The fourth-order valence-electron chi connectivity index (χ4n) is 1.96. The van der Waals surface area contributed by atoms with Crippen LogP contribution in [0.4, 0.5) is 0 Å². The summed E-state index contributed by atoms with van der Waals surface area (Å²) in [5, 5.41) is 9.39. The Labute approximate surface area is 95.9 Å². The van der Waals surface area contributed by atoms with Gasteiger partial charge in [0.15, 0.2) is 6.10 Å². The quantitative estimate of drug-likeness (QED) is 0.675. The van der Waals surface area contributed by atoms with Gasteiger partial charge in [0.1, 0.15) is 6.10 Å². The van der Waals surface area contributed by atoms with Crippen molar-refractivity contribution < 1.29 is 19.4 Å². The SMILES string of the molecule is CC1CC(OC(=O)C(O)CCN)CC(C)O1. The van der Waals surface area contributed by atoms with Crippen molar-refractivity contribution in [3.63, 3.8) is 0 Å². The lowest BCUT2D eigenvalue weighted by Gasteiger charge is -2.32. The minimum absolute atomic E-state index is 0.0909. The van der Waals surface area contributed by atoms with Crippen LogP contribution in [-0.2, 0) is 14.3 Å². The predicted molar refractivity (Wildman–Crippen MR) is 58.8 cm³/mol. The average molecular weight is 231 g/mol. The van der Waals surface area contributed by atoms with Crippen LogP contribution in [0.25, 0.3) is 0 Å². The number of carbonyl (C=O) groups excluding carboxylic acids is 1. The molecule has 0 spiro atoms. The molecule has 16 heavy (non-hydrogen) atoms. The first-order valence-electron chi connectivity index (χ1n) is 5.77. The van der Waals surface area contributed by atoms with Gasteiger partial charge in [0, 0.05) is 12.8 Å². The van der Waals surface area contributed by atoms with Gasteiger partial charge in [-0.3, -0.25) is 0 Å². The Bertz CT molecular complexity index is 224. The van der Waals surface area contributed by atoms with Crippen molar-refractivity contribution in [2.24, 2.45) is 5.73 Å². The molecule has 0 aromatic carbocycles. The summed E-state index contributed by atoms with van der Waals surface area (Å²) in [7, 11) is 0. The van der Waals surface area contributed by atoms with Gasteiger partial charge in [0.25, 0.3) is 0 Å². The van der Waals surface area contributed by atoms with Gasteiger partial charge in [-0.05, 0) is 26.8 Å². The molecule has 5 heteroatoms. The van der Waals surface area contributed by atoms with Gasteiger partial charge in [0.05, 0.1) is 12.2 Å². The minimum Gasteiger partial charge on any atom is -0.460 e. The lowest BCUT2D eigenvalue weighted by Crippen LogP contribution is -2.38. The Balaban J connectivity index is 2.38. The van der Waals surface area contributed by atoms with E-state index in [0.717, 1.165) is 0 Å². The topological polar surface area (TPSA) is 81.8 Å². The Morgan fingerprint density at radius 2 is 2.06 bits per heavy atom. The summed E-state index contributed by atoms with van der Waals surface area (Å²) in [5.41, 5.74) is 5.26. The molecule has 1 saturated heterocycles. The van der Waals surface area contributed by atoms with Crippen LogP contribution in [0.2, 0.25) is 0 Å². The van der Waals surface area contributed by atoms with E-state index in [-0.39, 0.29) is 31.3 Å². The van der Waals surface area contributed by atoms with Gasteiger partial charge in [-0.25, -0.2) is 4.79 Å². The largest absolute Gasteiger partial charge is 0.460 e. The lowest BCUT2D eigenvalue weighted by molar-refractivity contribution is -0.169. The first kappa shape index (κ1) is 13.4. The normalized spacial score (nSPS) is 32.1. The Hall–Kier alpha value is -0.650. The van der Waals surface area contributed by atoms with E-state index >= 15 is 0 Å². The highest BCUT2D eigenvalue weighted by Crippen LogP contribution is 2.22. The van der Waals surface area contributed by atoms with Crippen molar-refractivity contribution >= 4 is 5.97 Å². The van der Waals surface area contributed by atoms with Gasteiger partial charge in [0.2, 0.25) is 0 Å². The molecule has 0 aromatic heterocycles. The Morgan fingerprint density at radius 1 is 1.50 bits per heavy atom. The number of ether oxygens (including phenoxy) is 2. The maximum atomic E-state index is 11.4. The molecule has 0 aliphatic carbocycles. The fraction of sp³-hybridized carbons (Fsp3) is 0.909. The predicted octanol–water partition coefficient (Wildman–Crippen LogP) is 0.195. The zero-order valence-corrected chi connectivity index (χ0v) is 9.89. The van der Waals surface area contributed by atoms with Gasteiger partial charge in [-0.2, -0.15) is 0 Å². The number of rotatable bonds is 4. The Kier molecular flexibility index (Phi) is 5.18. The van der Waals surface area contributed by atoms with E-state index in [2.05, 4.69) is 0 Å². The molecule has 1 heterocycles. The number of hydrogen-bond donors (Lipinski definition) is 2.